The average Bonchev–Trinajstić information content (AvgIpc) is 2.53. The molecule has 0 heterocycles. The summed E-state index contributed by atoms with van der Waals surface area (Å²) < 4.78 is 28.7. The molecule has 1 atom stereocenters. The van der Waals surface area contributed by atoms with E-state index in [0.29, 0.717) is 0 Å². The topological polar surface area (TPSA) is 129 Å². The van der Waals surface area contributed by atoms with Crippen LogP contribution in [0.15, 0.2) is 0 Å². The quantitative estimate of drug-likeness (QED) is 0.449. The first kappa shape index (κ1) is 24.8. The van der Waals surface area contributed by atoms with Crippen molar-refractivity contribution in [3.05, 3.63) is 0 Å². The van der Waals surface area contributed by atoms with E-state index in [-0.39, 0.29) is 31.0 Å². The van der Waals surface area contributed by atoms with Gasteiger partial charge in [-0.25, -0.2) is 0 Å². The van der Waals surface area contributed by atoms with Crippen LogP contribution in [0.25, 0.3) is 0 Å². The molecule has 142 valence electrons. The molecule has 0 saturated heterocycles. The SMILES string of the molecule is C1CCC(C2CCCCC2)CC1.O=C(O)CC(C(=O)O)S(=O)(=O)O.[H-].[Na+]. The summed E-state index contributed by atoms with van der Waals surface area (Å²) >= 11 is 0. The van der Waals surface area contributed by atoms with Crippen LogP contribution in [0.3, 0.4) is 0 Å². The van der Waals surface area contributed by atoms with E-state index in [4.69, 9.17) is 14.8 Å². The van der Waals surface area contributed by atoms with Crippen molar-refractivity contribution in [3.8, 4) is 0 Å². The van der Waals surface area contributed by atoms with Gasteiger partial charge in [0.25, 0.3) is 10.1 Å². The molecule has 0 bridgehead atoms. The van der Waals surface area contributed by atoms with Crippen LogP contribution in [0.2, 0.25) is 0 Å². The molecule has 0 amide bonds. The molecule has 1 unspecified atom stereocenters. The van der Waals surface area contributed by atoms with Gasteiger partial charge < -0.3 is 11.6 Å². The monoisotopic (exact) mass is 388 g/mol. The Morgan fingerprint density at radius 2 is 1.24 bits per heavy atom. The molecule has 0 aliphatic heterocycles. The van der Waals surface area contributed by atoms with Crippen molar-refractivity contribution < 1.29 is 63.8 Å². The van der Waals surface area contributed by atoms with Crippen molar-refractivity contribution in [1.82, 2.24) is 0 Å². The van der Waals surface area contributed by atoms with Gasteiger partial charge in [0.1, 0.15) is 0 Å². The summed E-state index contributed by atoms with van der Waals surface area (Å²) in [5, 5.41) is 13.9. The van der Waals surface area contributed by atoms with Crippen LogP contribution in [-0.2, 0) is 19.7 Å². The van der Waals surface area contributed by atoms with E-state index in [0.717, 1.165) is 11.8 Å². The minimum Gasteiger partial charge on any atom is -1.00 e. The molecular weight excluding hydrogens is 359 g/mol. The predicted molar refractivity (Wildman–Crippen MR) is 89.5 cm³/mol. The van der Waals surface area contributed by atoms with E-state index in [2.05, 4.69) is 0 Å². The molecule has 2 saturated carbocycles. The van der Waals surface area contributed by atoms with Crippen LogP contribution in [0, 0.1) is 11.8 Å². The predicted octanol–water partition coefficient (Wildman–Crippen LogP) is 0.0656. The Morgan fingerprint density at radius 3 is 1.44 bits per heavy atom. The molecule has 2 aliphatic carbocycles. The number of aliphatic carboxylic acids is 2. The van der Waals surface area contributed by atoms with Gasteiger partial charge in [-0.15, -0.1) is 0 Å². The zero-order valence-electron chi connectivity index (χ0n) is 15.9. The van der Waals surface area contributed by atoms with Gasteiger partial charge in [-0.05, 0) is 11.8 Å². The van der Waals surface area contributed by atoms with Gasteiger partial charge in [-0.1, -0.05) is 64.2 Å². The molecule has 0 aromatic heterocycles. The van der Waals surface area contributed by atoms with Crippen molar-refractivity contribution in [3.63, 3.8) is 0 Å². The maximum Gasteiger partial charge on any atom is 1.00 e. The van der Waals surface area contributed by atoms with E-state index in [9.17, 15) is 18.0 Å². The Balaban J connectivity index is 0. The summed E-state index contributed by atoms with van der Waals surface area (Å²) in [5.41, 5.74) is 0. The molecule has 0 spiro atoms. The summed E-state index contributed by atoms with van der Waals surface area (Å²) in [6, 6.07) is 0. The third-order valence-electron chi connectivity index (χ3n) is 4.96. The second-order valence-electron chi connectivity index (χ2n) is 6.74. The van der Waals surface area contributed by atoms with Crippen LogP contribution in [0.1, 0.15) is 72.1 Å². The van der Waals surface area contributed by atoms with Gasteiger partial charge in [-0.3, -0.25) is 14.1 Å². The van der Waals surface area contributed by atoms with Gasteiger partial charge in [-0.2, -0.15) is 8.42 Å². The molecule has 0 aromatic carbocycles. The molecule has 0 radical (unpaired) electrons. The standard InChI is InChI=1S/C12H22.C4H6O7S.Na.H/c1-3-7-11(8-4-1)12-9-5-2-6-10-12;5-3(6)1-2(4(7)8)12(9,10)11;;/h11-12H,1-10H2;2H,1H2,(H,5,6)(H,7,8)(H,9,10,11);;/q;;+1;-1. The number of hydrogen-bond donors (Lipinski definition) is 3. The molecule has 9 heteroatoms. The van der Waals surface area contributed by atoms with Crippen LogP contribution in [-0.4, -0.2) is 40.4 Å². The largest absolute Gasteiger partial charge is 1.00 e. The van der Waals surface area contributed by atoms with E-state index >= 15 is 0 Å². The van der Waals surface area contributed by atoms with Crippen molar-refractivity contribution in [2.75, 3.05) is 0 Å². The van der Waals surface area contributed by atoms with Gasteiger partial charge in [0.2, 0.25) is 0 Å². The molecular formula is C16H29NaO7S. The molecule has 25 heavy (non-hydrogen) atoms. The Morgan fingerprint density at radius 1 is 0.880 bits per heavy atom. The smallest absolute Gasteiger partial charge is 1.00 e. The summed E-state index contributed by atoms with van der Waals surface area (Å²) in [7, 11) is -4.84. The minimum atomic E-state index is -4.84. The van der Waals surface area contributed by atoms with Gasteiger partial charge in [0.05, 0.1) is 6.42 Å². The summed E-state index contributed by atoms with van der Waals surface area (Å²) in [6.45, 7) is 0. The van der Waals surface area contributed by atoms with E-state index in [1.165, 1.54) is 38.5 Å². The van der Waals surface area contributed by atoms with Crippen LogP contribution < -0.4 is 29.6 Å². The second kappa shape index (κ2) is 12.3. The molecule has 2 fully saturated rings. The first-order chi connectivity index (χ1) is 11.2. The minimum absolute atomic E-state index is 0. The fourth-order valence-electron chi connectivity index (χ4n) is 3.69. The third-order valence-corrected chi connectivity index (χ3v) is 6.05. The van der Waals surface area contributed by atoms with E-state index in [1.54, 1.807) is 25.7 Å². The van der Waals surface area contributed by atoms with Gasteiger partial charge in [0.15, 0.2) is 5.25 Å². The molecule has 2 aliphatic rings. The number of carboxylic acid groups (broad SMARTS) is 2. The number of hydrogen-bond acceptors (Lipinski definition) is 4. The summed E-state index contributed by atoms with van der Waals surface area (Å²) in [6.07, 6.45) is 14.2. The first-order valence-corrected chi connectivity index (χ1v) is 10.1. The molecule has 2 rings (SSSR count). The Hall–Kier alpha value is -0.150. The van der Waals surface area contributed by atoms with Crippen molar-refractivity contribution in [2.24, 2.45) is 11.8 Å². The molecule has 3 N–H and O–H groups in total. The average molecular weight is 388 g/mol. The third kappa shape index (κ3) is 9.94. The first-order valence-electron chi connectivity index (χ1n) is 8.62. The van der Waals surface area contributed by atoms with E-state index < -0.39 is 33.7 Å². The van der Waals surface area contributed by atoms with E-state index in [1.807, 2.05) is 0 Å². The molecule has 7 nitrogen and oxygen atoms in total. The summed E-state index contributed by atoms with van der Waals surface area (Å²) in [4.78, 5) is 20.0. The zero-order chi connectivity index (χ0) is 18.2. The number of rotatable bonds is 5. The number of carboxylic acids is 2. The maximum absolute atomic E-state index is 10.2. The maximum atomic E-state index is 10.2. The van der Waals surface area contributed by atoms with Crippen LogP contribution in [0.4, 0.5) is 0 Å². The van der Waals surface area contributed by atoms with Crippen molar-refractivity contribution in [2.45, 2.75) is 75.9 Å². The van der Waals surface area contributed by atoms with Crippen molar-refractivity contribution >= 4 is 22.1 Å². The zero-order valence-corrected chi connectivity index (χ0v) is 17.7. The second-order valence-corrected chi connectivity index (χ2v) is 8.33. The Labute approximate surface area is 173 Å². The van der Waals surface area contributed by atoms with Gasteiger partial charge >= 0.3 is 41.5 Å². The van der Waals surface area contributed by atoms with Crippen LogP contribution in [0.5, 0.6) is 0 Å². The van der Waals surface area contributed by atoms with Crippen molar-refractivity contribution in [1.29, 1.82) is 0 Å². The normalized spacial score (nSPS) is 20.5. The fourth-order valence-corrected chi connectivity index (χ4v) is 4.30. The number of carbonyl (C=O) groups is 2. The molecule has 0 aromatic rings. The Kier molecular flexibility index (Phi) is 12.2. The van der Waals surface area contributed by atoms with Gasteiger partial charge in [0, 0.05) is 0 Å². The Bertz CT molecular complexity index is 499. The fraction of sp³-hybridized carbons (Fsp3) is 0.875. The van der Waals surface area contributed by atoms with Crippen LogP contribution >= 0.6 is 0 Å². The summed E-state index contributed by atoms with van der Waals surface area (Å²) in [5.74, 6) is -1.22.